The molecule has 3 aromatic rings. The minimum atomic E-state index is 0.154. The van der Waals surface area contributed by atoms with Gasteiger partial charge in [-0.15, -0.1) is 11.8 Å². The zero-order valence-corrected chi connectivity index (χ0v) is 15.7. The predicted octanol–water partition coefficient (Wildman–Crippen LogP) is 5.25. The average molecular weight is 384 g/mol. The molecule has 0 amide bonds. The summed E-state index contributed by atoms with van der Waals surface area (Å²) in [5, 5.41) is 9.35. The maximum atomic E-state index is 11.9. The number of halogens is 1. The number of ketones is 1. The first-order valence-electron chi connectivity index (χ1n) is 8.62. The van der Waals surface area contributed by atoms with Gasteiger partial charge in [-0.05, 0) is 42.7 Å². The van der Waals surface area contributed by atoms with Gasteiger partial charge < -0.3 is 0 Å². The Bertz CT molecular complexity index is 909. The number of benzene rings is 1. The Morgan fingerprint density at radius 3 is 2.58 bits per heavy atom. The molecule has 1 atom stereocenters. The highest BCUT2D eigenvalue weighted by molar-refractivity contribution is 7.99. The van der Waals surface area contributed by atoms with E-state index < -0.39 is 0 Å². The fraction of sp³-hybridized carbons (Fsp3) is 0.250. The first-order valence-corrected chi connectivity index (χ1v) is 9.99. The number of thioether (sulfide) groups is 1. The summed E-state index contributed by atoms with van der Waals surface area (Å²) in [7, 11) is 0. The van der Waals surface area contributed by atoms with Crippen molar-refractivity contribution in [1.82, 2.24) is 15.2 Å². The summed E-state index contributed by atoms with van der Waals surface area (Å²) in [6.07, 6.45) is 6.29. The molecule has 2 heterocycles. The van der Waals surface area contributed by atoms with Crippen molar-refractivity contribution in [2.75, 3.05) is 5.75 Å². The van der Waals surface area contributed by atoms with Crippen molar-refractivity contribution in [2.24, 2.45) is 5.92 Å². The highest BCUT2D eigenvalue weighted by atomic mass is 35.5. The van der Waals surface area contributed by atoms with Crippen molar-refractivity contribution in [3.8, 4) is 22.4 Å². The van der Waals surface area contributed by atoms with E-state index in [1.807, 2.05) is 36.4 Å². The smallest absolute Gasteiger partial charge is 0.136 e. The first-order chi connectivity index (χ1) is 12.7. The molecule has 1 aliphatic carbocycles. The van der Waals surface area contributed by atoms with Gasteiger partial charge in [0.05, 0.1) is 5.69 Å². The second kappa shape index (κ2) is 7.64. The van der Waals surface area contributed by atoms with Gasteiger partial charge >= 0.3 is 0 Å². The van der Waals surface area contributed by atoms with Gasteiger partial charge in [0.15, 0.2) is 0 Å². The van der Waals surface area contributed by atoms with E-state index in [2.05, 4.69) is 15.2 Å². The molecule has 26 heavy (non-hydrogen) atoms. The third kappa shape index (κ3) is 3.55. The number of hydrogen-bond acceptors (Lipinski definition) is 4. The van der Waals surface area contributed by atoms with E-state index in [9.17, 15) is 4.79 Å². The van der Waals surface area contributed by atoms with Gasteiger partial charge in [-0.25, -0.2) is 0 Å². The number of nitrogens with one attached hydrogen (secondary N) is 1. The lowest BCUT2D eigenvalue weighted by atomic mass is 10.0. The van der Waals surface area contributed by atoms with Crippen molar-refractivity contribution in [2.45, 2.75) is 24.3 Å². The van der Waals surface area contributed by atoms with Gasteiger partial charge in [0, 0.05) is 46.6 Å². The maximum Gasteiger partial charge on any atom is 0.136 e. The minimum Gasteiger partial charge on any atom is -0.299 e. The van der Waals surface area contributed by atoms with Crippen LogP contribution in [0, 0.1) is 5.92 Å². The lowest BCUT2D eigenvalue weighted by Gasteiger charge is -2.09. The van der Waals surface area contributed by atoms with E-state index in [1.165, 1.54) is 0 Å². The summed E-state index contributed by atoms with van der Waals surface area (Å²) >= 11 is 7.68. The van der Waals surface area contributed by atoms with Crippen LogP contribution in [0.5, 0.6) is 0 Å². The van der Waals surface area contributed by atoms with E-state index in [0.29, 0.717) is 10.8 Å². The predicted molar refractivity (Wildman–Crippen MR) is 105 cm³/mol. The number of Topliss-reactive ketones (excluding diaryl/α,β-unsaturated/α-hetero) is 1. The lowest BCUT2D eigenvalue weighted by Crippen LogP contribution is -2.08. The molecule has 1 aromatic carbocycles. The van der Waals surface area contributed by atoms with Crippen molar-refractivity contribution in [1.29, 1.82) is 0 Å². The van der Waals surface area contributed by atoms with Crippen LogP contribution in [-0.4, -0.2) is 26.7 Å². The molecular weight excluding hydrogens is 366 g/mol. The number of carbonyl (C=O) groups excluding carboxylic acids is 1. The van der Waals surface area contributed by atoms with E-state index >= 15 is 0 Å². The molecule has 4 nitrogen and oxygen atoms in total. The molecule has 6 heteroatoms. The number of aromatic amines is 1. The Morgan fingerprint density at radius 2 is 1.88 bits per heavy atom. The zero-order valence-electron chi connectivity index (χ0n) is 14.1. The Hall–Kier alpha value is -2.11. The van der Waals surface area contributed by atoms with Gasteiger partial charge in [0.25, 0.3) is 0 Å². The summed E-state index contributed by atoms with van der Waals surface area (Å²) in [5.41, 5.74) is 4.08. The van der Waals surface area contributed by atoms with Gasteiger partial charge in [0.1, 0.15) is 10.8 Å². The quantitative estimate of drug-likeness (QED) is 0.611. The first kappa shape index (κ1) is 17.3. The molecule has 0 bridgehead atoms. The summed E-state index contributed by atoms with van der Waals surface area (Å²) < 4.78 is 0. The van der Waals surface area contributed by atoms with Crippen LogP contribution in [0.15, 0.2) is 53.8 Å². The largest absolute Gasteiger partial charge is 0.299 e. The fourth-order valence-corrected chi connectivity index (χ4v) is 4.60. The van der Waals surface area contributed by atoms with Gasteiger partial charge in [-0.2, -0.15) is 5.10 Å². The van der Waals surface area contributed by atoms with Gasteiger partial charge in [-0.1, -0.05) is 23.7 Å². The Morgan fingerprint density at radius 1 is 1.12 bits per heavy atom. The van der Waals surface area contributed by atoms with Crippen LogP contribution in [0.1, 0.15) is 19.3 Å². The molecule has 2 aromatic heterocycles. The Labute approximate surface area is 161 Å². The van der Waals surface area contributed by atoms with Crippen LogP contribution in [0.2, 0.25) is 5.02 Å². The zero-order chi connectivity index (χ0) is 17.9. The number of rotatable bonds is 5. The summed E-state index contributed by atoms with van der Waals surface area (Å²) in [6, 6.07) is 11.7. The number of nitrogens with zero attached hydrogens (tertiary/aromatic N) is 2. The minimum absolute atomic E-state index is 0.154. The number of carbonyl (C=O) groups is 1. The average Bonchev–Trinajstić information content (AvgIpc) is 3.27. The Kier molecular flexibility index (Phi) is 5.09. The van der Waals surface area contributed by atoms with E-state index in [0.717, 1.165) is 52.4 Å². The van der Waals surface area contributed by atoms with Crippen LogP contribution in [-0.2, 0) is 4.79 Å². The monoisotopic (exact) mass is 383 g/mol. The van der Waals surface area contributed by atoms with Gasteiger partial charge in [-0.3, -0.25) is 14.9 Å². The molecule has 0 aliphatic heterocycles. The SMILES string of the molecule is O=C1CCCC1CSc1n[nH]c(-c2ccc(Cl)cc2)c1-c1ccncc1. The molecule has 0 saturated heterocycles. The lowest BCUT2D eigenvalue weighted by molar-refractivity contribution is -0.120. The molecule has 1 unspecified atom stereocenters. The number of aromatic nitrogens is 3. The van der Waals surface area contributed by atoms with Crippen molar-refractivity contribution >= 4 is 29.1 Å². The van der Waals surface area contributed by atoms with E-state index in [4.69, 9.17) is 11.6 Å². The summed E-state index contributed by atoms with van der Waals surface area (Å²) in [5.74, 6) is 1.32. The highest BCUT2D eigenvalue weighted by Crippen LogP contribution is 2.39. The van der Waals surface area contributed by atoms with Crippen LogP contribution in [0.3, 0.4) is 0 Å². The molecule has 1 aliphatic rings. The second-order valence-electron chi connectivity index (χ2n) is 6.39. The molecule has 132 valence electrons. The van der Waals surface area contributed by atoms with Crippen LogP contribution in [0.25, 0.3) is 22.4 Å². The molecule has 1 saturated carbocycles. The standard InChI is InChI=1S/C20H18ClN3OS/c21-16-6-4-14(5-7-16)19-18(13-8-10-22-11-9-13)20(24-23-19)26-12-15-2-1-3-17(15)25/h4-11,15H,1-3,12H2,(H,23,24). The fourth-order valence-electron chi connectivity index (χ4n) is 3.29. The number of hydrogen-bond donors (Lipinski definition) is 1. The van der Waals surface area contributed by atoms with Crippen LogP contribution >= 0.6 is 23.4 Å². The third-order valence-electron chi connectivity index (χ3n) is 4.69. The van der Waals surface area contributed by atoms with Crippen LogP contribution in [0.4, 0.5) is 0 Å². The van der Waals surface area contributed by atoms with Gasteiger partial charge in [0.2, 0.25) is 0 Å². The van der Waals surface area contributed by atoms with Crippen molar-refractivity contribution in [3.05, 3.63) is 53.8 Å². The molecule has 4 rings (SSSR count). The van der Waals surface area contributed by atoms with Crippen LogP contribution < -0.4 is 0 Å². The molecule has 0 spiro atoms. The maximum absolute atomic E-state index is 11.9. The van der Waals surface area contributed by atoms with E-state index in [-0.39, 0.29) is 5.92 Å². The molecule has 1 fully saturated rings. The molecule has 0 radical (unpaired) electrons. The second-order valence-corrected chi connectivity index (χ2v) is 7.83. The summed E-state index contributed by atoms with van der Waals surface area (Å²) in [6.45, 7) is 0. The molecular formula is C20H18ClN3OS. The van der Waals surface area contributed by atoms with Crippen molar-refractivity contribution < 1.29 is 4.79 Å². The number of pyridine rings is 1. The van der Waals surface area contributed by atoms with E-state index in [1.54, 1.807) is 24.2 Å². The third-order valence-corrected chi connectivity index (χ3v) is 6.08. The molecule has 1 N–H and O–H groups in total. The summed E-state index contributed by atoms with van der Waals surface area (Å²) in [4.78, 5) is 16.1. The number of H-pyrrole nitrogens is 1. The Balaban J connectivity index is 1.70. The van der Waals surface area contributed by atoms with Crippen molar-refractivity contribution in [3.63, 3.8) is 0 Å². The topological polar surface area (TPSA) is 58.6 Å². The highest BCUT2D eigenvalue weighted by Gasteiger charge is 2.26. The normalized spacial score (nSPS) is 17.0.